The lowest BCUT2D eigenvalue weighted by atomic mass is 9.91. The predicted octanol–water partition coefficient (Wildman–Crippen LogP) is 3.05. The van der Waals surface area contributed by atoms with Crippen molar-refractivity contribution in [3.63, 3.8) is 0 Å². The molecule has 2 N–H and O–H groups in total. The van der Waals surface area contributed by atoms with Gasteiger partial charge in [-0.1, -0.05) is 51.1 Å². The van der Waals surface area contributed by atoms with Gasteiger partial charge < -0.3 is 10.6 Å². The molecule has 0 aliphatic carbocycles. The van der Waals surface area contributed by atoms with E-state index in [4.69, 9.17) is 5.73 Å². The van der Waals surface area contributed by atoms with Crippen molar-refractivity contribution < 1.29 is 4.79 Å². The van der Waals surface area contributed by atoms with Crippen molar-refractivity contribution in [2.24, 2.45) is 11.1 Å². The fourth-order valence-corrected chi connectivity index (χ4v) is 2.29. The molecule has 1 rings (SSSR count). The van der Waals surface area contributed by atoms with Gasteiger partial charge in [-0.05, 0) is 23.9 Å². The number of likely N-dealkylation sites (N-methyl/N-ethyl adjacent to an activating group) is 1. The minimum absolute atomic E-state index is 0. The number of nitrogens with zero attached hydrogens (tertiary/aromatic N) is 1. The molecule has 0 fully saturated rings. The molecular formula is C16H27ClN2O. The monoisotopic (exact) mass is 298 g/mol. The molecule has 1 atom stereocenters. The third-order valence-electron chi connectivity index (χ3n) is 3.50. The molecule has 0 bridgehead atoms. The van der Waals surface area contributed by atoms with Gasteiger partial charge in [0.2, 0.25) is 5.91 Å². The maximum absolute atomic E-state index is 12.6. The van der Waals surface area contributed by atoms with Crippen LogP contribution in [0.4, 0.5) is 0 Å². The van der Waals surface area contributed by atoms with E-state index in [1.165, 1.54) is 0 Å². The molecule has 20 heavy (non-hydrogen) atoms. The number of halogens is 1. The van der Waals surface area contributed by atoms with Crippen molar-refractivity contribution in [1.29, 1.82) is 0 Å². The van der Waals surface area contributed by atoms with Crippen LogP contribution >= 0.6 is 12.4 Å². The van der Waals surface area contributed by atoms with E-state index in [0.29, 0.717) is 13.1 Å². The molecule has 3 nitrogen and oxygen atoms in total. The lowest BCUT2D eigenvalue weighted by molar-refractivity contribution is -0.132. The second-order valence-electron chi connectivity index (χ2n) is 5.93. The highest BCUT2D eigenvalue weighted by Crippen LogP contribution is 2.23. The lowest BCUT2D eigenvalue weighted by Gasteiger charge is -2.31. The number of benzene rings is 1. The average Bonchev–Trinajstić information content (AvgIpc) is 2.40. The molecule has 0 radical (unpaired) electrons. The normalized spacial score (nSPS) is 12.4. The summed E-state index contributed by atoms with van der Waals surface area (Å²) in [7, 11) is 1.87. The molecule has 1 unspecified atom stereocenters. The Morgan fingerprint density at radius 1 is 1.30 bits per heavy atom. The summed E-state index contributed by atoms with van der Waals surface area (Å²) in [4.78, 5) is 14.4. The first-order chi connectivity index (χ1) is 8.91. The molecule has 1 aromatic carbocycles. The summed E-state index contributed by atoms with van der Waals surface area (Å²) < 4.78 is 0. The van der Waals surface area contributed by atoms with Gasteiger partial charge in [0.1, 0.15) is 0 Å². The van der Waals surface area contributed by atoms with Crippen LogP contribution in [0.1, 0.15) is 38.7 Å². The summed E-state index contributed by atoms with van der Waals surface area (Å²) in [6, 6.07) is 9.98. The van der Waals surface area contributed by atoms with Gasteiger partial charge in [0.25, 0.3) is 0 Å². The summed E-state index contributed by atoms with van der Waals surface area (Å²) in [6.07, 6.45) is 0.816. The van der Waals surface area contributed by atoms with Crippen LogP contribution in [0, 0.1) is 5.41 Å². The molecule has 4 heteroatoms. The van der Waals surface area contributed by atoms with Crippen molar-refractivity contribution in [2.45, 2.75) is 33.1 Å². The number of carbonyl (C=O) groups is 1. The molecule has 1 amide bonds. The standard InChI is InChI=1S/C16H26N2O.ClH/c1-5-14(13-9-7-6-8-10-13)15(19)18(4)12-16(2,3)11-17;/h6-10,14H,5,11-12,17H2,1-4H3;1H. The zero-order valence-electron chi connectivity index (χ0n) is 12.9. The Hall–Kier alpha value is -1.06. The van der Waals surface area contributed by atoms with E-state index >= 15 is 0 Å². The Morgan fingerprint density at radius 3 is 2.30 bits per heavy atom. The summed E-state index contributed by atoms with van der Waals surface area (Å²) >= 11 is 0. The van der Waals surface area contributed by atoms with Gasteiger partial charge in [-0.2, -0.15) is 0 Å². The summed E-state index contributed by atoms with van der Waals surface area (Å²) in [5, 5.41) is 0. The maximum Gasteiger partial charge on any atom is 0.229 e. The number of hydrogen-bond acceptors (Lipinski definition) is 2. The predicted molar refractivity (Wildman–Crippen MR) is 87.2 cm³/mol. The third-order valence-corrected chi connectivity index (χ3v) is 3.50. The van der Waals surface area contributed by atoms with E-state index < -0.39 is 0 Å². The second kappa shape index (κ2) is 8.28. The zero-order chi connectivity index (χ0) is 14.5. The Morgan fingerprint density at radius 2 is 1.85 bits per heavy atom. The Balaban J connectivity index is 0.00000361. The average molecular weight is 299 g/mol. The Labute approximate surface area is 128 Å². The summed E-state index contributed by atoms with van der Waals surface area (Å²) in [5.74, 6) is 0.120. The van der Waals surface area contributed by atoms with Gasteiger partial charge in [0, 0.05) is 13.6 Å². The highest BCUT2D eigenvalue weighted by molar-refractivity contribution is 5.85. The van der Waals surface area contributed by atoms with Gasteiger partial charge >= 0.3 is 0 Å². The number of amides is 1. The molecule has 0 saturated carbocycles. The van der Waals surface area contributed by atoms with Gasteiger partial charge in [0.05, 0.1) is 5.92 Å². The maximum atomic E-state index is 12.6. The zero-order valence-corrected chi connectivity index (χ0v) is 13.7. The molecule has 0 aromatic heterocycles. The van der Waals surface area contributed by atoms with Crippen molar-refractivity contribution in [3.8, 4) is 0 Å². The summed E-state index contributed by atoms with van der Waals surface area (Å²) in [5.41, 5.74) is 6.78. The lowest BCUT2D eigenvalue weighted by Crippen LogP contribution is -2.41. The van der Waals surface area contributed by atoms with Crippen LogP contribution in [0.2, 0.25) is 0 Å². The van der Waals surface area contributed by atoms with Gasteiger partial charge in [-0.15, -0.1) is 12.4 Å². The topological polar surface area (TPSA) is 46.3 Å². The minimum atomic E-state index is -0.0558. The molecule has 1 aromatic rings. The fourth-order valence-electron chi connectivity index (χ4n) is 2.29. The Kier molecular flexibility index (Phi) is 7.84. The van der Waals surface area contributed by atoms with Crippen LogP contribution in [0.5, 0.6) is 0 Å². The van der Waals surface area contributed by atoms with E-state index in [1.807, 2.05) is 42.3 Å². The highest BCUT2D eigenvalue weighted by Gasteiger charge is 2.26. The SMILES string of the molecule is CCC(C(=O)N(C)CC(C)(C)CN)c1ccccc1.Cl. The third kappa shape index (κ3) is 5.14. The smallest absolute Gasteiger partial charge is 0.229 e. The van der Waals surface area contributed by atoms with Gasteiger partial charge in [-0.25, -0.2) is 0 Å². The fraction of sp³-hybridized carbons (Fsp3) is 0.562. The Bertz CT molecular complexity index is 406. The minimum Gasteiger partial charge on any atom is -0.345 e. The van der Waals surface area contributed by atoms with Crippen molar-refractivity contribution in [2.75, 3.05) is 20.1 Å². The van der Waals surface area contributed by atoms with Crippen LogP contribution in [0.15, 0.2) is 30.3 Å². The van der Waals surface area contributed by atoms with Crippen LogP contribution in [-0.2, 0) is 4.79 Å². The van der Waals surface area contributed by atoms with Crippen LogP contribution in [-0.4, -0.2) is 30.9 Å². The van der Waals surface area contributed by atoms with Crippen molar-refractivity contribution >= 4 is 18.3 Å². The van der Waals surface area contributed by atoms with Crippen molar-refractivity contribution in [1.82, 2.24) is 4.90 Å². The summed E-state index contributed by atoms with van der Waals surface area (Å²) in [6.45, 7) is 7.48. The van der Waals surface area contributed by atoms with E-state index in [0.717, 1.165) is 12.0 Å². The van der Waals surface area contributed by atoms with E-state index in [1.54, 1.807) is 0 Å². The first-order valence-electron chi connectivity index (χ1n) is 6.91. The second-order valence-corrected chi connectivity index (χ2v) is 5.93. The van der Waals surface area contributed by atoms with Gasteiger partial charge in [0.15, 0.2) is 0 Å². The molecule has 0 saturated heterocycles. The molecule has 0 aliphatic heterocycles. The van der Waals surface area contributed by atoms with Crippen LogP contribution < -0.4 is 5.73 Å². The van der Waals surface area contributed by atoms with Crippen LogP contribution in [0.25, 0.3) is 0 Å². The van der Waals surface area contributed by atoms with E-state index in [9.17, 15) is 4.79 Å². The van der Waals surface area contributed by atoms with E-state index in [2.05, 4.69) is 20.8 Å². The molecular weight excluding hydrogens is 272 g/mol. The van der Waals surface area contributed by atoms with E-state index in [-0.39, 0.29) is 29.6 Å². The molecule has 114 valence electrons. The number of rotatable bonds is 6. The first kappa shape index (κ1) is 18.9. The number of carbonyl (C=O) groups excluding carboxylic acids is 1. The number of nitrogens with two attached hydrogens (primary N) is 1. The molecule has 0 heterocycles. The molecule has 0 spiro atoms. The quantitative estimate of drug-likeness (QED) is 0.877. The highest BCUT2D eigenvalue weighted by atomic mass is 35.5. The number of hydrogen-bond donors (Lipinski definition) is 1. The van der Waals surface area contributed by atoms with Crippen LogP contribution in [0.3, 0.4) is 0 Å². The first-order valence-corrected chi connectivity index (χ1v) is 6.91. The molecule has 0 aliphatic rings. The van der Waals surface area contributed by atoms with Crippen molar-refractivity contribution in [3.05, 3.63) is 35.9 Å². The largest absolute Gasteiger partial charge is 0.345 e. The van der Waals surface area contributed by atoms with Gasteiger partial charge in [-0.3, -0.25) is 4.79 Å².